The van der Waals surface area contributed by atoms with Crippen molar-refractivity contribution in [3.05, 3.63) is 17.5 Å². The molecule has 0 bridgehead atoms. The average molecular weight is 223 g/mol. The van der Waals surface area contributed by atoms with Crippen LogP contribution in [0, 0.1) is 12.3 Å². The maximum absolute atomic E-state index is 7.30. The van der Waals surface area contributed by atoms with E-state index in [9.17, 15) is 0 Å². The van der Waals surface area contributed by atoms with Crippen LogP contribution in [0.5, 0.6) is 6.01 Å². The molecule has 0 unspecified atom stereocenters. The summed E-state index contributed by atoms with van der Waals surface area (Å²) in [6, 6.07) is 1.92. The number of hydrogen-bond donors (Lipinski definition) is 2. The summed E-state index contributed by atoms with van der Waals surface area (Å²) in [6.07, 6.45) is 0. The number of nitrogens with zero attached hydrogens (tertiary/aromatic N) is 3. The van der Waals surface area contributed by atoms with E-state index in [2.05, 4.69) is 9.97 Å². The Morgan fingerprint density at radius 3 is 2.75 bits per heavy atom. The summed E-state index contributed by atoms with van der Waals surface area (Å²) in [5.74, 6) is -0.0806. The van der Waals surface area contributed by atoms with E-state index in [0.29, 0.717) is 12.3 Å². The van der Waals surface area contributed by atoms with Gasteiger partial charge in [-0.1, -0.05) is 0 Å². The lowest BCUT2D eigenvalue weighted by atomic mass is 10.3. The zero-order valence-electron chi connectivity index (χ0n) is 9.82. The fourth-order valence-electron chi connectivity index (χ4n) is 1.06. The highest BCUT2D eigenvalue weighted by molar-refractivity contribution is 5.93. The van der Waals surface area contributed by atoms with Crippen LogP contribution in [0.2, 0.25) is 0 Å². The van der Waals surface area contributed by atoms with Crippen LogP contribution in [0.4, 0.5) is 0 Å². The number of likely N-dealkylation sites (N-methyl/N-ethyl adjacent to an activating group) is 1. The van der Waals surface area contributed by atoms with E-state index in [0.717, 1.165) is 12.2 Å². The van der Waals surface area contributed by atoms with Gasteiger partial charge >= 0.3 is 6.01 Å². The van der Waals surface area contributed by atoms with Crippen molar-refractivity contribution >= 4 is 5.84 Å². The summed E-state index contributed by atoms with van der Waals surface area (Å²) in [5.41, 5.74) is 6.49. The first-order valence-corrected chi connectivity index (χ1v) is 4.96. The second kappa shape index (κ2) is 5.41. The standard InChI is InChI=1S/C10H17N5O/c1-7-6-8(9(11)12)14-10(13-7)16-5-4-15(2)3/h6H,4-5H2,1-3H3,(H3,11,12). The Kier molecular flexibility index (Phi) is 4.19. The fraction of sp³-hybridized carbons (Fsp3) is 0.500. The Labute approximate surface area is 95.0 Å². The molecule has 0 spiro atoms. The van der Waals surface area contributed by atoms with Gasteiger partial charge in [0, 0.05) is 12.2 Å². The third-order valence-corrected chi connectivity index (χ3v) is 1.88. The predicted octanol–water partition coefficient (Wildman–Crippen LogP) is 0.00949. The van der Waals surface area contributed by atoms with Gasteiger partial charge in [0.15, 0.2) is 0 Å². The van der Waals surface area contributed by atoms with Crippen molar-refractivity contribution < 1.29 is 4.74 Å². The van der Waals surface area contributed by atoms with Crippen molar-refractivity contribution in [2.75, 3.05) is 27.2 Å². The molecule has 16 heavy (non-hydrogen) atoms. The van der Waals surface area contributed by atoms with Crippen LogP contribution >= 0.6 is 0 Å². The summed E-state index contributed by atoms with van der Waals surface area (Å²) in [7, 11) is 3.92. The third kappa shape index (κ3) is 3.82. The molecule has 6 heteroatoms. The molecule has 0 atom stereocenters. The summed E-state index contributed by atoms with van der Waals surface area (Å²) in [6.45, 7) is 3.10. The quantitative estimate of drug-likeness (QED) is 0.542. The molecule has 6 nitrogen and oxygen atoms in total. The zero-order valence-corrected chi connectivity index (χ0v) is 9.82. The van der Waals surface area contributed by atoms with Crippen LogP contribution in [0.1, 0.15) is 11.4 Å². The van der Waals surface area contributed by atoms with Gasteiger partial charge in [-0.2, -0.15) is 4.98 Å². The number of ether oxygens (including phenoxy) is 1. The lowest BCUT2D eigenvalue weighted by Gasteiger charge is -2.10. The van der Waals surface area contributed by atoms with Gasteiger partial charge < -0.3 is 15.4 Å². The molecule has 1 rings (SSSR count). The highest BCUT2D eigenvalue weighted by Gasteiger charge is 2.05. The number of aromatic nitrogens is 2. The number of nitrogen functional groups attached to an aromatic ring is 1. The molecule has 3 N–H and O–H groups in total. The minimum absolute atomic E-state index is 0.0806. The Morgan fingerprint density at radius 1 is 1.50 bits per heavy atom. The number of hydrogen-bond acceptors (Lipinski definition) is 5. The minimum atomic E-state index is -0.0806. The maximum Gasteiger partial charge on any atom is 0.317 e. The number of nitrogens with two attached hydrogens (primary N) is 1. The SMILES string of the molecule is Cc1cc(C(=N)N)nc(OCCN(C)C)n1. The Bertz CT molecular complexity index is 377. The van der Waals surface area contributed by atoms with Crippen LogP contribution in [-0.2, 0) is 0 Å². The molecular formula is C10H17N5O. The van der Waals surface area contributed by atoms with E-state index in [4.69, 9.17) is 15.9 Å². The number of nitrogens with one attached hydrogen (secondary N) is 1. The van der Waals surface area contributed by atoms with E-state index < -0.39 is 0 Å². The summed E-state index contributed by atoms with van der Waals surface area (Å²) < 4.78 is 5.37. The smallest absolute Gasteiger partial charge is 0.317 e. The van der Waals surface area contributed by atoms with E-state index in [1.807, 2.05) is 25.9 Å². The lowest BCUT2D eigenvalue weighted by molar-refractivity contribution is 0.245. The molecule has 0 radical (unpaired) electrons. The van der Waals surface area contributed by atoms with Crippen molar-refractivity contribution in [3.63, 3.8) is 0 Å². The first-order valence-electron chi connectivity index (χ1n) is 4.96. The van der Waals surface area contributed by atoms with Crippen LogP contribution in [0.3, 0.4) is 0 Å². The molecule has 1 aromatic heterocycles. The maximum atomic E-state index is 7.30. The first kappa shape index (κ1) is 12.4. The van der Waals surface area contributed by atoms with Gasteiger partial charge in [-0.15, -0.1) is 0 Å². The normalized spacial score (nSPS) is 10.5. The molecule has 0 fully saturated rings. The minimum Gasteiger partial charge on any atom is -0.462 e. The van der Waals surface area contributed by atoms with Gasteiger partial charge in [-0.3, -0.25) is 5.41 Å². The summed E-state index contributed by atoms with van der Waals surface area (Å²) >= 11 is 0. The van der Waals surface area contributed by atoms with E-state index >= 15 is 0 Å². The van der Waals surface area contributed by atoms with Gasteiger partial charge in [-0.25, -0.2) is 4.98 Å². The van der Waals surface area contributed by atoms with Gasteiger partial charge in [0.05, 0.1) is 0 Å². The molecule has 0 amide bonds. The van der Waals surface area contributed by atoms with E-state index in [-0.39, 0.29) is 11.8 Å². The molecular weight excluding hydrogens is 206 g/mol. The van der Waals surface area contributed by atoms with Gasteiger partial charge in [0.25, 0.3) is 0 Å². The lowest BCUT2D eigenvalue weighted by Crippen LogP contribution is -2.21. The van der Waals surface area contributed by atoms with Crippen molar-refractivity contribution in [2.45, 2.75) is 6.92 Å². The van der Waals surface area contributed by atoms with Gasteiger partial charge in [0.1, 0.15) is 18.1 Å². The van der Waals surface area contributed by atoms with E-state index in [1.165, 1.54) is 0 Å². The van der Waals surface area contributed by atoms with Crippen molar-refractivity contribution in [1.82, 2.24) is 14.9 Å². The highest BCUT2D eigenvalue weighted by atomic mass is 16.5. The summed E-state index contributed by atoms with van der Waals surface area (Å²) in [5, 5.41) is 7.30. The second-order valence-corrected chi connectivity index (χ2v) is 3.74. The van der Waals surface area contributed by atoms with Crippen molar-refractivity contribution in [2.24, 2.45) is 5.73 Å². The molecule has 0 aliphatic rings. The van der Waals surface area contributed by atoms with Crippen LogP contribution in [0.25, 0.3) is 0 Å². The molecule has 0 saturated heterocycles. The Morgan fingerprint density at radius 2 is 2.19 bits per heavy atom. The molecule has 1 aromatic rings. The summed E-state index contributed by atoms with van der Waals surface area (Å²) in [4.78, 5) is 10.1. The Hall–Kier alpha value is -1.69. The van der Waals surface area contributed by atoms with Crippen LogP contribution in [-0.4, -0.2) is 48.0 Å². The topological polar surface area (TPSA) is 88.1 Å². The molecule has 0 aromatic carbocycles. The van der Waals surface area contributed by atoms with Crippen molar-refractivity contribution in [1.29, 1.82) is 5.41 Å². The largest absolute Gasteiger partial charge is 0.462 e. The molecule has 0 saturated carbocycles. The van der Waals surface area contributed by atoms with Gasteiger partial charge in [0.2, 0.25) is 0 Å². The number of aryl methyl sites for hydroxylation is 1. The molecule has 0 aliphatic heterocycles. The highest BCUT2D eigenvalue weighted by Crippen LogP contribution is 2.06. The average Bonchev–Trinajstić information content (AvgIpc) is 2.16. The monoisotopic (exact) mass is 223 g/mol. The number of rotatable bonds is 5. The van der Waals surface area contributed by atoms with Crippen LogP contribution in [0.15, 0.2) is 6.07 Å². The third-order valence-electron chi connectivity index (χ3n) is 1.88. The van der Waals surface area contributed by atoms with Crippen molar-refractivity contribution in [3.8, 4) is 6.01 Å². The molecule has 1 heterocycles. The van der Waals surface area contributed by atoms with Gasteiger partial charge in [-0.05, 0) is 27.1 Å². The second-order valence-electron chi connectivity index (χ2n) is 3.74. The fourth-order valence-corrected chi connectivity index (χ4v) is 1.06. The van der Waals surface area contributed by atoms with E-state index in [1.54, 1.807) is 6.07 Å². The van der Waals surface area contributed by atoms with Crippen LogP contribution < -0.4 is 10.5 Å². The zero-order chi connectivity index (χ0) is 12.1. The predicted molar refractivity (Wildman–Crippen MR) is 61.8 cm³/mol. The first-order chi connectivity index (χ1) is 7.49. The Balaban J connectivity index is 2.69. The number of amidine groups is 1. The molecule has 0 aliphatic carbocycles. The molecule has 88 valence electrons.